The Labute approximate surface area is 106 Å². The van der Waals surface area contributed by atoms with Crippen molar-refractivity contribution in [1.29, 1.82) is 0 Å². The number of hydrogen-bond acceptors (Lipinski definition) is 3. The van der Waals surface area contributed by atoms with E-state index in [2.05, 4.69) is 24.1 Å². The van der Waals surface area contributed by atoms with E-state index in [-0.39, 0.29) is 0 Å². The van der Waals surface area contributed by atoms with Crippen molar-refractivity contribution in [3.05, 3.63) is 0 Å². The van der Waals surface area contributed by atoms with E-state index in [0.29, 0.717) is 6.10 Å². The second-order valence-electron chi connectivity index (χ2n) is 6.12. The predicted molar refractivity (Wildman–Crippen MR) is 71.3 cm³/mol. The van der Waals surface area contributed by atoms with Crippen LogP contribution in [0.5, 0.6) is 0 Å². The van der Waals surface area contributed by atoms with Crippen molar-refractivity contribution in [2.75, 3.05) is 26.7 Å². The molecule has 2 fully saturated rings. The number of nitrogens with one attached hydrogen (secondary N) is 1. The molecule has 3 heteroatoms. The summed E-state index contributed by atoms with van der Waals surface area (Å²) in [7, 11) is 1.84. The first-order valence-electron chi connectivity index (χ1n) is 7.19. The molecule has 1 saturated heterocycles. The fourth-order valence-corrected chi connectivity index (χ4v) is 3.07. The van der Waals surface area contributed by atoms with Gasteiger partial charge in [0.15, 0.2) is 0 Å². The Kier molecular flexibility index (Phi) is 4.83. The lowest BCUT2D eigenvalue weighted by Crippen LogP contribution is -2.52. The maximum Gasteiger partial charge on any atom is 0.0601 e. The van der Waals surface area contributed by atoms with Crippen LogP contribution in [0.3, 0.4) is 0 Å². The Morgan fingerprint density at radius 3 is 2.65 bits per heavy atom. The molecule has 1 aliphatic carbocycles. The molecule has 1 saturated carbocycles. The van der Waals surface area contributed by atoms with Gasteiger partial charge in [-0.25, -0.2) is 0 Å². The van der Waals surface area contributed by atoms with Crippen LogP contribution in [0.15, 0.2) is 0 Å². The first-order valence-corrected chi connectivity index (χ1v) is 7.19. The third-order valence-electron chi connectivity index (χ3n) is 4.14. The smallest absolute Gasteiger partial charge is 0.0601 e. The molecule has 1 heterocycles. The van der Waals surface area contributed by atoms with Gasteiger partial charge in [-0.2, -0.15) is 0 Å². The van der Waals surface area contributed by atoms with Gasteiger partial charge in [-0.05, 0) is 38.1 Å². The molecular weight excluding hydrogens is 212 g/mol. The van der Waals surface area contributed by atoms with Crippen LogP contribution >= 0.6 is 0 Å². The second-order valence-corrected chi connectivity index (χ2v) is 6.12. The summed E-state index contributed by atoms with van der Waals surface area (Å²) in [6.07, 6.45) is 5.69. The molecule has 0 aromatic rings. The van der Waals surface area contributed by atoms with Crippen LogP contribution in [0.25, 0.3) is 0 Å². The highest BCUT2D eigenvalue weighted by Crippen LogP contribution is 2.29. The fourth-order valence-electron chi connectivity index (χ4n) is 3.07. The zero-order valence-electron chi connectivity index (χ0n) is 11.6. The van der Waals surface area contributed by atoms with Gasteiger partial charge in [0.1, 0.15) is 0 Å². The maximum absolute atomic E-state index is 5.40. The van der Waals surface area contributed by atoms with Gasteiger partial charge in [-0.15, -0.1) is 0 Å². The normalized spacial score (nSPS) is 33.4. The standard InChI is InChI=1S/C14H28N2O/c1-11(2)9-16(10-12-5-4-6-15-12)13-7-14(8-13)17-3/h11-15H,4-10H2,1-3H3. The highest BCUT2D eigenvalue weighted by molar-refractivity contribution is 4.90. The van der Waals surface area contributed by atoms with Gasteiger partial charge in [0.2, 0.25) is 0 Å². The zero-order valence-corrected chi connectivity index (χ0v) is 11.6. The molecule has 17 heavy (non-hydrogen) atoms. The Morgan fingerprint density at radius 2 is 2.12 bits per heavy atom. The summed E-state index contributed by atoms with van der Waals surface area (Å²) in [5.41, 5.74) is 0. The Morgan fingerprint density at radius 1 is 1.35 bits per heavy atom. The zero-order chi connectivity index (χ0) is 12.3. The largest absolute Gasteiger partial charge is 0.381 e. The monoisotopic (exact) mass is 240 g/mol. The van der Waals surface area contributed by atoms with Crippen LogP contribution in [-0.2, 0) is 4.74 Å². The minimum atomic E-state index is 0.520. The quantitative estimate of drug-likeness (QED) is 0.767. The molecule has 1 N–H and O–H groups in total. The SMILES string of the molecule is COC1CC(N(CC(C)C)CC2CCCN2)C1. The predicted octanol–water partition coefficient (Wildman–Crippen LogP) is 1.87. The molecule has 2 rings (SSSR count). The van der Waals surface area contributed by atoms with Crippen LogP contribution < -0.4 is 5.32 Å². The minimum absolute atomic E-state index is 0.520. The Hall–Kier alpha value is -0.120. The van der Waals surface area contributed by atoms with Crippen molar-refractivity contribution >= 4 is 0 Å². The number of hydrogen-bond donors (Lipinski definition) is 1. The maximum atomic E-state index is 5.40. The van der Waals surface area contributed by atoms with Gasteiger partial charge in [-0.1, -0.05) is 13.8 Å². The molecule has 0 aromatic heterocycles. The van der Waals surface area contributed by atoms with E-state index in [1.807, 2.05) is 7.11 Å². The van der Waals surface area contributed by atoms with E-state index in [4.69, 9.17) is 4.74 Å². The lowest BCUT2D eigenvalue weighted by atomic mass is 9.87. The molecule has 0 spiro atoms. The third-order valence-corrected chi connectivity index (χ3v) is 4.14. The highest BCUT2D eigenvalue weighted by atomic mass is 16.5. The summed E-state index contributed by atoms with van der Waals surface area (Å²) in [5, 5.41) is 3.62. The summed E-state index contributed by atoms with van der Waals surface area (Å²) < 4.78 is 5.40. The molecular formula is C14H28N2O. The second kappa shape index (κ2) is 6.17. The van der Waals surface area contributed by atoms with Gasteiger partial charge >= 0.3 is 0 Å². The van der Waals surface area contributed by atoms with Crippen molar-refractivity contribution in [1.82, 2.24) is 10.2 Å². The van der Waals surface area contributed by atoms with Crippen molar-refractivity contribution in [2.24, 2.45) is 5.92 Å². The van der Waals surface area contributed by atoms with E-state index in [1.165, 1.54) is 45.3 Å². The van der Waals surface area contributed by atoms with E-state index in [1.54, 1.807) is 0 Å². The minimum Gasteiger partial charge on any atom is -0.381 e. The molecule has 0 amide bonds. The Bertz CT molecular complexity index is 220. The fraction of sp³-hybridized carbons (Fsp3) is 1.00. The molecule has 100 valence electrons. The van der Waals surface area contributed by atoms with Crippen LogP contribution in [-0.4, -0.2) is 49.8 Å². The van der Waals surface area contributed by atoms with Crippen molar-refractivity contribution < 1.29 is 4.74 Å². The summed E-state index contributed by atoms with van der Waals surface area (Å²) >= 11 is 0. The molecule has 0 radical (unpaired) electrons. The molecule has 2 aliphatic rings. The first-order chi connectivity index (χ1) is 8.19. The molecule has 1 atom stereocenters. The topological polar surface area (TPSA) is 24.5 Å². The van der Waals surface area contributed by atoms with Crippen LogP contribution in [0, 0.1) is 5.92 Å². The van der Waals surface area contributed by atoms with E-state index in [9.17, 15) is 0 Å². The number of rotatable bonds is 6. The lowest BCUT2D eigenvalue weighted by molar-refractivity contribution is -0.0322. The molecule has 3 nitrogen and oxygen atoms in total. The van der Waals surface area contributed by atoms with Crippen molar-refractivity contribution in [2.45, 2.75) is 57.7 Å². The number of nitrogens with zero attached hydrogens (tertiary/aromatic N) is 1. The average Bonchev–Trinajstić information content (AvgIpc) is 2.67. The summed E-state index contributed by atoms with van der Waals surface area (Å²) in [5.74, 6) is 0.762. The molecule has 1 aliphatic heterocycles. The lowest BCUT2D eigenvalue weighted by Gasteiger charge is -2.44. The van der Waals surface area contributed by atoms with Crippen LogP contribution in [0.4, 0.5) is 0 Å². The third kappa shape index (κ3) is 3.67. The summed E-state index contributed by atoms with van der Waals surface area (Å²) in [4.78, 5) is 2.70. The van der Waals surface area contributed by atoms with Crippen molar-refractivity contribution in [3.8, 4) is 0 Å². The van der Waals surface area contributed by atoms with Gasteiger partial charge in [0, 0.05) is 32.3 Å². The van der Waals surface area contributed by atoms with Gasteiger partial charge in [-0.3, -0.25) is 4.90 Å². The number of ether oxygens (including phenoxy) is 1. The first kappa shape index (κ1) is 13.3. The molecule has 0 aromatic carbocycles. The summed E-state index contributed by atoms with van der Waals surface area (Å²) in [6.45, 7) is 8.33. The van der Waals surface area contributed by atoms with Gasteiger partial charge in [0.25, 0.3) is 0 Å². The van der Waals surface area contributed by atoms with Crippen LogP contribution in [0.2, 0.25) is 0 Å². The van der Waals surface area contributed by atoms with E-state index < -0.39 is 0 Å². The van der Waals surface area contributed by atoms with Crippen molar-refractivity contribution in [3.63, 3.8) is 0 Å². The van der Waals surface area contributed by atoms with Crippen LogP contribution in [0.1, 0.15) is 39.5 Å². The van der Waals surface area contributed by atoms with Gasteiger partial charge in [0.05, 0.1) is 6.10 Å². The van der Waals surface area contributed by atoms with Gasteiger partial charge < -0.3 is 10.1 Å². The Balaban J connectivity index is 1.80. The van der Waals surface area contributed by atoms with E-state index in [0.717, 1.165) is 18.0 Å². The number of methoxy groups -OCH3 is 1. The van der Waals surface area contributed by atoms with E-state index >= 15 is 0 Å². The summed E-state index contributed by atoms with van der Waals surface area (Å²) in [6, 6.07) is 1.50. The molecule has 0 bridgehead atoms. The molecule has 1 unspecified atom stereocenters. The average molecular weight is 240 g/mol. The highest BCUT2D eigenvalue weighted by Gasteiger charge is 2.34.